The number of hydrogen-bond donors (Lipinski definition) is 0. The number of ether oxygens (including phenoxy) is 1. The fourth-order valence-electron chi connectivity index (χ4n) is 5.01. The molecule has 0 saturated carbocycles. The molecular formula is C38H36CoO3. The Morgan fingerprint density at radius 1 is 0.548 bits per heavy atom. The first-order valence-electron chi connectivity index (χ1n) is 14.0. The summed E-state index contributed by atoms with van der Waals surface area (Å²) in [6, 6.07) is 41.4. The van der Waals surface area contributed by atoms with Crippen LogP contribution in [0.5, 0.6) is 5.75 Å². The van der Waals surface area contributed by atoms with Crippen LogP contribution >= 0.6 is 0 Å². The van der Waals surface area contributed by atoms with Gasteiger partial charge in [0.1, 0.15) is 0 Å². The van der Waals surface area contributed by atoms with Gasteiger partial charge in [0.25, 0.3) is 0 Å². The molecule has 0 N–H and O–H groups in total. The number of rotatable bonds is 8. The van der Waals surface area contributed by atoms with E-state index >= 15 is 0 Å². The van der Waals surface area contributed by atoms with Crippen molar-refractivity contribution in [2.75, 3.05) is 0 Å². The van der Waals surface area contributed by atoms with E-state index in [1.165, 1.54) is 16.7 Å². The van der Waals surface area contributed by atoms with Crippen molar-refractivity contribution in [3.05, 3.63) is 161 Å². The number of carbonyl (C=O) groups excluding carboxylic acids is 1. The standard InChI is InChI=1S/C23H21O2.C15H15.Co.O/c1-17-9-11-19(12-10-17)23(2,3)20-13-15-21(16-14-20)25-22(24)18-7-5-4-6-8-18;1-15(2,13-9-5-3-6-10-13)14-11-7-4-8-12-14;;/h5-16H,1-3H3;3,5-12H,1-2H3;;. The molecule has 0 amide bonds. The van der Waals surface area contributed by atoms with Gasteiger partial charge in [0, 0.05) is 0 Å². The first-order chi connectivity index (χ1) is 20.1. The van der Waals surface area contributed by atoms with Crippen LogP contribution in [0.4, 0.5) is 0 Å². The summed E-state index contributed by atoms with van der Waals surface area (Å²) in [6.07, 6.45) is 0. The molecule has 3 nitrogen and oxygen atoms in total. The molecule has 0 saturated heterocycles. The van der Waals surface area contributed by atoms with Crippen LogP contribution in [-0.2, 0) is 28.3 Å². The summed E-state index contributed by atoms with van der Waals surface area (Å²) in [5.74, 6) is 0.0338. The van der Waals surface area contributed by atoms with Gasteiger partial charge in [0.05, 0.1) is 0 Å². The van der Waals surface area contributed by atoms with E-state index in [4.69, 9.17) is 4.74 Å². The molecule has 0 fully saturated rings. The van der Waals surface area contributed by atoms with Crippen molar-refractivity contribution >= 4 is 15.0 Å². The first kappa shape index (κ1) is 29.4. The molecule has 215 valence electrons. The molecule has 42 heavy (non-hydrogen) atoms. The fraction of sp³-hybridized carbons (Fsp3) is 0.184. The minimum absolute atomic E-state index is 0.162. The van der Waals surface area contributed by atoms with Crippen LogP contribution in [0.3, 0.4) is 0 Å². The van der Waals surface area contributed by atoms with Crippen molar-refractivity contribution in [2.45, 2.75) is 45.4 Å². The topological polar surface area (TPSA) is 43.4 Å². The van der Waals surface area contributed by atoms with E-state index in [1.54, 1.807) is 24.3 Å². The Labute approximate surface area is 253 Å². The van der Waals surface area contributed by atoms with Crippen LogP contribution < -0.4 is 13.7 Å². The summed E-state index contributed by atoms with van der Waals surface area (Å²) in [7, 11) is 0. The summed E-state index contributed by atoms with van der Waals surface area (Å²) in [5, 5.41) is 0. The van der Waals surface area contributed by atoms with Crippen LogP contribution in [0.2, 0.25) is 0 Å². The largest absolute Gasteiger partial charge is 0.0590 e. The van der Waals surface area contributed by atoms with E-state index in [1.807, 2.05) is 66.7 Å². The average Bonchev–Trinajstić information content (AvgIpc) is 3.02. The van der Waals surface area contributed by atoms with Gasteiger partial charge in [-0.2, -0.15) is 0 Å². The second kappa shape index (κ2) is 12.0. The van der Waals surface area contributed by atoms with Gasteiger partial charge in [-0.25, -0.2) is 0 Å². The summed E-state index contributed by atoms with van der Waals surface area (Å²) in [4.78, 5) is 12.9. The van der Waals surface area contributed by atoms with Crippen molar-refractivity contribution in [3.63, 3.8) is 0 Å². The van der Waals surface area contributed by atoms with E-state index < -0.39 is 19.6 Å². The first-order valence-corrected chi connectivity index (χ1v) is 15.5. The minimum atomic E-state index is -1.76. The summed E-state index contributed by atoms with van der Waals surface area (Å²) >= 11 is -1.76. The Morgan fingerprint density at radius 3 is 1.45 bits per heavy atom. The van der Waals surface area contributed by atoms with E-state index in [0.717, 1.165) is 15.6 Å². The van der Waals surface area contributed by atoms with Crippen molar-refractivity contribution in [3.8, 4) is 5.75 Å². The zero-order valence-electron chi connectivity index (χ0n) is 24.7. The maximum absolute atomic E-state index is 13.3. The van der Waals surface area contributed by atoms with Gasteiger partial charge >= 0.3 is 217 Å². The molecule has 0 aliphatic carbocycles. The van der Waals surface area contributed by atoms with Gasteiger partial charge in [-0.15, -0.1) is 0 Å². The minimum Gasteiger partial charge on any atom is -0.0590 e. The SMILES string of the molecule is Cc1ccc(C(C)(C)c2ccc(OC(=O)c3cc[c]([Co](=[O])[c]4ccc(C(C)(C)c5ccccc5)cc4)cc3)cc2)cc1. The predicted octanol–water partition coefficient (Wildman–Crippen LogP) is 7.78. The van der Waals surface area contributed by atoms with Crippen molar-refractivity contribution in [1.82, 2.24) is 0 Å². The maximum Gasteiger partial charge on any atom is -0.0579 e. The predicted molar refractivity (Wildman–Crippen MR) is 166 cm³/mol. The van der Waals surface area contributed by atoms with Gasteiger partial charge < -0.3 is 0 Å². The fourth-order valence-corrected chi connectivity index (χ4v) is 6.34. The molecule has 4 heteroatoms. The zero-order valence-corrected chi connectivity index (χ0v) is 25.7. The third-order valence-corrected chi connectivity index (χ3v) is 9.81. The third kappa shape index (κ3) is 6.20. The molecule has 0 radical (unpaired) electrons. The number of aryl methyl sites for hydroxylation is 1. The summed E-state index contributed by atoms with van der Waals surface area (Å²) < 4.78 is 20.4. The Bertz CT molecular complexity index is 1680. The van der Waals surface area contributed by atoms with Crippen molar-refractivity contribution < 1.29 is 27.0 Å². The van der Waals surface area contributed by atoms with Crippen LogP contribution in [0.1, 0.15) is 65.9 Å². The van der Waals surface area contributed by atoms with Crippen molar-refractivity contribution in [2.24, 2.45) is 0 Å². The van der Waals surface area contributed by atoms with Crippen LogP contribution in [-0.4, -0.2) is 5.97 Å². The maximum atomic E-state index is 13.3. The van der Waals surface area contributed by atoms with Gasteiger partial charge in [0.15, 0.2) is 0 Å². The quantitative estimate of drug-likeness (QED) is 0.135. The number of carbonyl (C=O) groups is 1. The van der Waals surface area contributed by atoms with Gasteiger partial charge in [-0.3, -0.25) is 0 Å². The van der Waals surface area contributed by atoms with Crippen LogP contribution in [0.15, 0.2) is 127 Å². The second-order valence-electron chi connectivity index (χ2n) is 11.6. The Hall–Kier alpha value is -4.12. The van der Waals surface area contributed by atoms with Gasteiger partial charge in [-0.05, 0) is 6.92 Å². The number of hydrogen-bond acceptors (Lipinski definition) is 3. The molecule has 0 bridgehead atoms. The van der Waals surface area contributed by atoms with Crippen LogP contribution in [0.25, 0.3) is 0 Å². The molecule has 5 aromatic carbocycles. The van der Waals surface area contributed by atoms with Crippen LogP contribution in [0, 0.1) is 6.92 Å². The molecule has 0 atom stereocenters. The third-order valence-electron chi connectivity index (χ3n) is 8.02. The second-order valence-corrected chi connectivity index (χ2v) is 13.5. The molecule has 0 spiro atoms. The van der Waals surface area contributed by atoms with Gasteiger partial charge in [-0.1, -0.05) is 29.8 Å². The molecule has 5 aromatic rings. The van der Waals surface area contributed by atoms with Gasteiger partial charge in [0.2, 0.25) is 0 Å². The average molecular weight is 600 g/mol. The van der Waals surface area contributed by atoms with E-state index in [2.05, 4.69) is 71.0 Å². The Morgan fingerprint density at radius 2 is 0.952 bits per heavy atom. The van der Waals surface area contributed by atoms with E-state index in [0.29, 0.717) is 15.8 Å². The molecular weight excluding hydrogens is 563 g/mol. The van der Waals surface area contributed by atoms with Crippen molar-refractivity contribution in [1.29, 1.82) is 0 Å². The molecule has 0 heterocycles. The molecule has 0 aromatic heterocycles. The zero-order chi connectivity index (χ0) is 29.9. The molecule has 0 aliphatic heterocycles. The monoisotopic (exact) mass is 599 g/mol. The number of benzene rings is 5. The smallest absolute Gasteiger partial charge is 0.0579 e. The molecule has 0 aliphatic rings. The van der Waals surface area contributed by atoms with E-state index in [-0.39, 0.29) is 10.8 Å². The Balaban J connectivity index is 1.24. The van der Waals surface area contributed by atoms with E-state index in [9.17, 15) is 8.66 Å². The molecule has 5 rings (SSSR count). The summed E-state index contributed by atoms with van der Waals surface area (Å²) in [6.45, 7) is 10.8. The summed E-state index contributed by atoms with van der Waals surface area (Å²) in [5.41, 5.74) is 6.04. The molecule has 0 unspecified atom stereocenters. The normalized spacial score (nSPS) is 12.1. The number of esters is 1. The Kier molecular flexibility index (Phi) is 8.40.